The van der Waals surface area contributed by atoms with Crippen molar-refractivity contribution in [2.45, 2.75) is 65.0 Å². The van der Waals surface area contributed by atoms with Crippen LogP contribution in [0.4, 0.5) is 0 Å². The van der Waals surface area contributed by atoms with Crippen molar-refractivity contribution in [2.24, 2.45) is 23.5 Å². The summed E-state index contributed by atoms with van der Waals surface area (Å²) >= 11 is 0. The topological polar surface area (TPSA) is 122 Å². The Hall–Kier alpha value is -2.12. The molecular weight excluding hydrogens is 348 g/mol. The molecule has 8 nitrogen and oxygen atoms in total. The molecule has 0 bridgehead atoms. The number of fused-ring (bicyclic) bond motifs is 1. The van der Waals surface area contributed by atoms with Crippen LogP contribution in [0, 0.1) is 17.8 Å². The highest BCUT2D eigenvalue weighted by Crippen LogP contribution is 2.26. The quantitative estimate of drug-likeness (QED) is 0.555. The highest BCUT2D eigenvalue weighted by atomic mass is 16.2. The molecule has 2 saturated heterocycles. The Morgan fingerprint density at radius 2 is 2.00 bits per heavy atom. The van der Waals surface area contributed by atoms with Gasteiger partial charge in [0.05, 0.1) is 0 Å². The number of hydrogen-bond donors (Lipinski definition) is 3. The number of hydrogen-bond acceptors (Lipinski definition) is 4. The predicted octanol–water partition coefficient (Wildman–Crippen LogP) is 0.156. The van der Waals surface area contributed by atoms with E-state index in [2.05, 4.69) is 10.6 Å². The van der Waals surface area contributed by atoms with E-state index in [-0.39, 0.29) is 30.2 Å². The summed E-state index contributed by atoms with van der Waals surface area (Å²) in [5, 5.41) is 5.54. The van der Waals surface area contributed by atoms with Crippen LogP contribution in [0.25, 0.3) is 0 Å². The van der Waals surface area contributed by atoms with E-state index in [1.54, 1.807) is 4.90 Å². The average Bonchev–Trinajstić information content (AvgIpc) is 3.06. The smallest absolute Gasteiger partial charge is 0.247 e. The van der Waals surface area contributed by atoms with Gasteiger partial charge in [0.1, 0.15) is 12.1 Å². The molecule has 0 aromatic carbocycles. The van der Waals surface area contributed by atoms with Crippen molar-refractivity contribution in [2.75, 3.05) is 13.1 Å². The van der Waals surface area contributed by atoms with Crippen molar-refractivity contribution in [1.29, 1.82) is 0 Å². The van der Waals surface area contributed by atoms with Gasteiger partial charge >= 0.3 is 0 Å². The van der Waals surface area contributed by atoms with Crippen LogP contribution >= 0.6 is 0 Å². The average molecular weight is 380 g/mol. The van der Waals surface area contributed by atoms with Gasteiger partial charge in [-0.3, -0.25) is 19.2 Å². The number of carbonyl (C=O) groups excluding carboxylic acids is 4. The summed E-state index contributed by atoms with van der Waals surface area (Å²) < 4.78 is 0. The van der Waals surface area contributed by atoms with Gasteiger partial charge in [0.2, 0.25) is 23.6 Å². The molecule has 4 N–H and O–H groups in total. The summed E-state index contributed by atoms with van der Waals surface area (Å²) in [5.74, 6) is -2.18. The van der Waals surface area contributed by atoms with Gasteiger partial charge in [-0.15, -0.1) is 0 Å². The Labute approximate surface area is 160 Å². The zero-order valence-electron chi connectivity index (χ0n) is 16.5. The Kier molecular flexibility index (Phi) is 7.21. The number of nitrogens with one attached hydrogen (secondary N) is 2. The van der Waals surface area contributed by atoms with Crippen molar-refractivity contribution in [3.8, 4) is 0 Å². The van der Waals surface area contributed by atoms with Crippen molar-refractivity contribution in [1.82, 2.24) is 15.5 Å². The molecule has 27 heavy (non-hydrogen) atoms. The molecule has 0 saturated carbocycles. The Bertz CT molecular complexity index is 592. The van der Waals surface area contributed by atoms with Crippen LogP contribution in [0.5, 0.6) is 0 Å². The fraction of sp³-hybridized carbons (Fsp3) is 0.789. The van der Waals surface area contributed by atoms with Gasteiger partial charge in [-0.25, -0.2) is 0 Å². The Balaban J connectivity index is 2.16. The summed E-state index contributed by atoms with van der Waals surface area (Å²) in [6.45, 7) is 6.50. The van der Waals surface area contributed by atoms with E-state index in [0.717, 1.165) is 12.8 Å². The standard InChI is InChI=1S/C19H32N4O4/c1-4-6-12(16(20)24)13(9-11(2)3)17(25)22-14-10-21-18(26)15-7-5-8-23(15)19(14)27/h11-15H,4-10H2,1-3H3,(H2,20,24)(H,21,26)(H,22,25). The number of nitrogens with zero attached hydrogens (tertiary/aromatic N) is 1. The normalized spacial score (nSPS) is 24.8. The molecule has 4 amide bonds. The molecule has 4 atom stereocenters. The maximum atomic E-state index is 13.0. The van der Waals surface area contributed by atoms with Crippen molar-refractivity contribution < 1.29 is 19.2 Å². The second-order valence-electron chi connectivity index (χ2n) is 8.03. The SMILES string of the molecule is CCCC(C(N)=O)C(CC(C)C)C(=O)NC1CNC(=O)C2CCCN2C1=O. The minimum Gasteiger partial charge on any atom is -0.369 e. The number of rotatable bonds is 8. The summed E-state index contributed by atoms with van der Waals surface area (Å²) in [7, 11) is 0. The third-order valence-corrected chi connectivity index (χ3v) is 5.45. The monoisotopic (exact) mass is 380 g/mol. The zero-order chi connectivity index (χ0) is 20.1. The van der Waals surface area contributed by atoms with Gasteiger partial charge in [-0.2, -0.15) is 0 Å². The van der Waals surface area contributed by atoms with Crippen molar-refractivity contribution in [3.63, 3.8) is 0 Å². The molecule has 2 aliphatic rings. The van der Waals surface area contributed by atoms with E-state index in [1.165, 1.54) is 0 Å². The first-order valence-corrected chi connectivity index (χ1v) is 9.94. The van der Waals surface area contributed by atoms with E-state index in [1.807, 2.05) is 20.8 Å². The van der Waals surface area contributed by atoms with Crippen LogP contribution in [-0.2, 0) is 19.2 Å². The largest absolute Gasteiger partial charge is 0.369 e. The maximum absolute atomic E-state index is 13.0. The van der Waals surface area contributed by atoms with E-state index >= 15 is 0 Å². The highest BCUT2D eigenvalue weighted by Gasteiger charge is 2.42. The third kappa shape index (κ3) is 4.99. The van der Waals surface area contributed by atoms with Gasteiger partial charge in [-0.05, 0) is 31.6 Å². The zero-order valence-corrected chi connectivity index (χ0v) is 16.5. The van der Waals surface area contributed by atoms with Crippen LogP contribution < -0.4 is 16.4 Å². The maximum Gasteiger partial charge on any atom is 0.247 e. The number of nitrogens with two attached hydrogens (primary N) is 1. The lowest BCUT2D eigenvalue weighted by Crippen LogP contribution is -2.53. The fourth-order valence-electron chi connectivity index (χ4n) is 4.12. The van der Waals surface area contributed by atoms with Crippen LogP contribution in [0.15, 0.2) is 0 Å². The first-order chi connectivity index (χ1) is 12.8. The molecule has 2 heterocycles. The second kappa shape index (κ2) is 9.19. The Morgan fingerprint density at radius 3 is 2.59 bits per heavy atom. The van der Waals surface area contributed by atoms with Crippen LogP contribution in [0.1, 0.15) is 52.9 Å². The molecule has 2 rings (SSSR count). The third-order valence-electron chi connectivity index (χ3n) is 5.45. The van der Waals surface area contributed by atoms with Crippen LogP contribution in [0.3, 0.4) is 0 Å². The summed E-state index contributed by atoms with van der Waals surface area (Å²) in [6.07, 6.45) is 3.21. The van der Waals surface area contributed by atoms with Crippen molar-refractivity contribution >= 4 is 23.6 Å². The number of primary amides is 1. The van der Waals surface area contributed by atoms with E-state index in [9.17, 15) is 19.2 Å². The molecule has 4 unspecified atom stereocenters. The summed E-state index contributed by atoms with van der Waals surface area (Å²) in [6, 6.07) is -1.25. The lowest BCUT2D eigenvalue weighted by Gasteiger charge is -2.28. The van der Waals surface area contributed by atoms with Crippen LogP contribution in [-0.4, -0.2) is 53.7 Å². The van der Waals surface area contributed by atoms with E-state index in [0.29, 0.717) is 25.8 Å². The van der Waals surface area contributed by atoms with Gasteiger partial charge in [0.25, 0.3) is 0 Å². The minimum absolute atomic E-state index is 0.0693. The predicted molar refractivity (Wildman–Crippen MR) is 100 cm³/mol. The molecular formula is C19H32N4O4. The minimum atomic E-state index is -0.811. The fourth-order valence-corrected chi connectivity index (χ4v) is 4.12. The molecule has 0 spiro atoms. The molecule has 2 fully saturated rings. The van der Waals surface area contributed by atoms with Gasteiger partial charge < -0.3 is 21.3 Å². The van der Waals surface area contributed by atoms with Crippen molar-refractivity contribution in [3.05, 3.63) is 0 Å². The molecule has 0 aliphatic carbocycles. The van der Waals surface area contributed by atoms with E-state index < -0.39 is 29.8 Å². The molecule has 0 aromatic rings. The lowest BCUT2D eigenvalue weighted by molar-refractivity contribution is -0.140. The lowest BCUT2D eigenvalue weighted by atomic mass is 9.81. The summed E-state index contributed by atoms with van der Waals surface area (Å²) in [5.41, 5.74) is 5.56. The molecule has 0 aromatic heterocycles. The first-order valence-electron chi connectivity index (χ1n) is 9.94. The highest BCUT2D eigenvalue weighted by molar-refractivity contribution is 5.96. The van der Waals surface area contributed by atoms with Crippen LogP contribution in [0.2, 0.25) is 0 Å². The first kappa shape index (κ1) is 21.2. The number of amides is 4. The Morgan fingerprint density at radius 1 is 1.30 bits per heavy atom. The second-order valence-corrected chi connectivity index (χ2v) is 8.03. The molecule has 152 valence electrons. The van der Waals surface area contributed by atoms with Gasteiger partial charge in [-0.1, -0.05) is 27.2 Å². The van der Waals surface area contributed by atoms with E-state index in [4.69, 9.17) is 5.73 Å². The number of carbonyl (C=O) groups is 4. The van der Waals surface area contributed by atoms with Gasteiger partial charge in [0, 0.05) is 24.9 Å². The summed E-state index contributed by atoms with van der Waals surface area (Å²) in [4.78, 5) is 51.5. The van der Waals surface area contributed by atoms with Gasteiger partial charge in [0.15, 0.2) is 0 Å². The molecule has 8 heteroatoms. The molecule has 0 radical (unpaired) electrons. The molecule has 2 aliphatic heterocycles.